The Labute approximate surface area is 73.3 Å². The molecule has 1 fully saturated rings. The highest BCUT2D eigenvalue weighted by atomic mass is 35.5. The first kappa shape index (κ1) is 9.36. The Balaban J connectivity index is 2.12. The molecule has 1 aliphatic rings. The summed E-state index contributed by atoms with van der Waals surface area (Å²) in [5, 5.41) is 0.0393. The summed E-state index contributed by atoms with van der Waals surface area (Å²) in [7, 11) is -0.150. The van der Waals surface area contributed by atoms with E-state index in [9.17, 15) is 0 Å². The monoisotopic (exact) mass is 176 g/mol. The fourth-order valence-corrected chi connectivity index (χ4v) is 1.42. The van der Waals surface area contributed by atoms with E-state index in [4.69, 9.17) is 20.9 Å². The van der Waals surface area contributed by atoms with Crippen molar-refractivity contribution in [3.8, 4) is 0 Å². The van der Waals surface area contributed by atoms with E-state index < -0.39 is 0 Å². The van der Waals surface area contributed by atoms with E-state index in [1.165, 1.54) is 6.42 Å². The summed E-state index contributed by atoms with van der Waals surface area (Å²) in [6, 6.07) is 0. The van der Waals surface area contributed by atoms with Gasteiger partial charge in [-0.15, -0.1) is 11.6 Å². The van der Waals surface area contributed by atoms with E-state index in [1.54, 1.807) is 0 Å². The van der Waals surface area contributed by atoms with Gasteiger partial charge in [-0.05, 0) is 6.42 Å². The summed E-state index contributed by atoms with van der Waals surface area (Å²) in [5.41, 5.74) is 0. The largest absolute Gasteiger partial charge is 0.476 e. The normalized spacial score (nSPS) is 20.7. The van der Waals surface area contributed by atoms with Crippen molar-refractivity contribution < 1.29 is 9.31 Å². The average molecular weight is 176 g/mol. The van der Waals surface area contributed by atoms with E-state index in [1.807, 2.05) is 0 Å². The zero-order valence-electron chi connectivity index (χ0n) is 6.88. The molecule has 1 rings (SSSR count). The van der Waals surface area contributed by atoms with Gasteiger partial charge in [-0.25, -0.2) is 0 Å². The van der Waals surface area contributed by atoms with Crippen LogP contribution >= 0.6 is 11.6 Å². The molecular formula is C7H14BClO2. The predicted molar refractivity (Wildman–Crippen MR) is 46.8 cm³/mol. The Morgan fingerprint density at radius 1 is 1.45 bits per heavy atom. The van der Waals surface area contributed by atoms with Crippen LogP contribution in [-0.4, -0.2) is 25.6 Å². The van der Waals surface area contributed by atoms with Crippen LogP contribution in [0.2, 0.25) is 0 Å². The summed E-state index contributed by atoms with van der Waals surface area (Å²) in [4.78, 5) is 0. The van der Waals surface area contributed by atoms with Gasteiger partial charge in [0.2, 0.25) is 0 Å². The second-order valence-corrected chi connectivity index (χ2v) is 3.33. The van der Waals surface area contributed by atoms with E-state index >= 15 is 0 Å². The topological polar surface area (TPSA) is 18.5 Å². The fraction of sp³-hybridized carbons (Fsp3) is 1.00. The maximum atomic E-state index is 6.02. The third-order valence-corrected chi connectivity index (χ3v) is 2.20. The first-order valence-corrected chi connectivity index (χ1v) is 4.65. The van der Waals surface area contributed by atoms with Gasteiger partial charge in [-0.3, -0.25) is 0 Å². The molecule has 64 valence electrons. The molecular weight excluding hydrogens is 162 g/mol. The van der Waals surface area contributed by atoms with Gasteiger partial charge in [0.15, 0.2) is 0 Å². The molecule has 0 N–H and O–H groups in total. The van der Waals surface area contributed by atoms with Crippen LogP contribution in [-0.2, 0) is 9.31 Å². The number of halogens is 1. The lowest BCUT2D eigenvalue weighted by Gasteiger charge is -2.09. The minimum absolute atomic E-state index is 0.0393. The Bertz CT molecular complexity index is 107. The number of hydrogen-bond donors (Lipinski definition) is 0. The molecule has 1 aliphatic heterocycles. The van der Waals surface area contributed by atoms with Crippen molar-refractivity contribution in [3.63, 3.8) is 0 Å². The molecule has 0 radical (unpaired) electrons. The lowest BCUT2D eigenvalue weighted by Crippen LogP contribution is -2.27. The highest BCUT2D eigenvalue weighted by molar-refractivity contribution is 6.59. The van der Waals surface area contributed by atoms with Gasteiger partial charge < -0.3 is 9.31 Å². The van der Waals surface area contributed by atoms with Crippen LogP contribution in [0.3, 0.4) is 0 Å². The number of alkyl halides is 1. The van der Waals surface area contributed by atoms with Gasteiger partial charge in [0.05, 0.1) is 18.5 Å². The van der Waals surface area contributed by atoms with Gasteiger partial charge in [0, 0.05) is 0 Å². The maximum absolute atomic E-state index is 6.02. The van der Waals surface area contributed by atoms with Gasteiger partial charge in [-0.1, -0.05) is 19.8 Å². The molecule has 1 unspecified atom stereocenters. The van der Waals surface area contributed by atoms with Crippen LogP contribution in [0.4, 0.5) is 0 Å². The second kappa shape index (κ2) is 5.02. The number of hydrogen-bond acceptors (Lipinski definition) is 2. The van der Waals surface area contributed by atoms with Crippen LogP contribution in [0, 0.1) is 0 Å². The molecule has 1 saturated heterocycles. The Morgan fingerprint density at radius 2 is 2.09 bits per heavy atom. The fourth-order valence-electron chi connectivity index (χ4n) is 1.12. The van der Waals surface area contributed by atoms with Gasteiger partial charge >= 0.3 is 7.12 Å². The van der Waals surface area contributed by atoms with Crippen LogP contribution < -0.4 is 0 Å². The summed E-state index contributed by atoms with van der Waals surface area (Å²) in [6.45, 7) is 3.54. The molecule has 0 aliphatic carbocycles. The highest BCUT2D eigenvalue weighted by Gasteiger charge is 2.31. The quantitative estimate of drug-likeness (QED) is 0.481. The van der Waals surface area contributed by atoms with Crippen molar-refractivity contribution in [2.24, 2.45) is 0 Å². The minimum Gasteiger partial charge on any atom is -0.408 e. The number of rotatable bonds is 4. The van der Waals surface area contributed by atoms with Gasteiger partial charge in [-0.2, -0.15) is 0 Å². The van der Waals surface area contributed by atoms with Crippen molar-refractivity contribution in [2.45, 2.75) is 31.5 Å². The molecule has 0 aromatic rings. The molecule has 1 atom stereocenters. The van der Waals surface area contributed by atoms with E-state index in [0.29, 0.717) is 13.2 Å². The predicted octanol–water partition coefficient (Wildman–Crippen LogP) is 1.86. The molecule has 0 spiro atoms. The average Bonchev–Trinajstić information content (AvgIpc) is 2.52. The minimum atomic E-state index is -0.150. The van der Waals surface area contributed by atoms with Gasteiger partial charge in [0.1, 0.15) is 0 Å². The van der Waals surface area contributed by atoms with Crippen LogP contribution in [0.5, 0.6) is 0 Å². The zero-order chi connectivity index (χ0) is 8.10. The first-order chi connectivity index (χ1) is 5.34. The third kappa shape index (κ3) is 3.02. The molecule has 4 heteroatoms. The molecule has 0 aromatic heterocycles. The van der Waals surface area contributed by atoms with E-state index in [-0.39, 0.29) is 12.4 Å². The van der Waals surface area contributed by atoms with Crippen molar-refractivity contribution in [3.05, 3.63) is 0 Å². The van der Waals surface area contributed by atoms with Crippen LogP contribution in [0.1, 0.15) is 26.2 Å². The molecule has 1 heterocycles. The molecule has 11 heavy (non-hydrogen) atoms. The molecule has 0 saturated carbocycles. The van der Waals surface area contributed by atoms with Crippen molar-refractivity contribution in [1.82, 2.24) is 0 Å². The summed E-state index contributed by atoms with van der Waals surface area (Å²) in [6.07, 6.45) is 3.32. The Kier molecular flexibility index (Phi) is 4.27. The first-order valence-electron chi connectivity index (χ1n) is 4.22. The Morgan fingerprint density at radius 3 is 2.64 bits per heavy atom. The molecule has 0 bridgehead atoms. The maximum Gasteiger partial charge on any atom is 0.476 e. The highest BCUT2D eigenvalue weighted by Crippen LogP contribution is 2.15. The van der Waals surface area contributed by atoms with Crippen LogP contribution in [0.25, 0.3) is 0 Å². The van der Waals surface area contributed by atoms with Crippen molar-refractivity contribution in [2.75, 3.05) is 13.2 Å². The van der Waals surface area contributed by atoms with Crippen molar-refractivity contribution >= 4 is 18.7 Å². The lowest BCUT2D eigenvalue weighted by molar-refractivity contribution is 0.365. The zero-order valence-corrected chi connectivity index (χ0v) is 7.64. The van der Waals surface area contributed by atoms with Crippen LogP contribution in [0.15, 0.2) is 0 Å². The smallest absolute Gasteiger partial charge is 0.408 e. The SMILES string of the molecule is CCCCC(Cl)B1OCCO1. The Hall–Kier alpha value is 0.275. The molecule has 2 nitrogen and oxygen atoms in total. The third-order valence-electron chi connectivity index (χ3n) is 1.78. The van der Waals surface area contributed by atoms with Gasteiger partial charge in [0.25, 0.3) is 0 Å². The van der Waals surface area contributed by atoms with E-state index in [2.05, 4.69) is 6.92 Å². The summed E-state index contributed by atoms with van der Waals surface area (Å²) < 4.78 is 10.5. The second-order valence-electron chi connectivity index (χ2n) is 2.77. The van der Waals surface area contributed by atoms with E-state index in [0.717, 1.165) is 12.8 Å². The molecule has 0 aromatic carbocycles. The van der Waals surface area contributed by atoms with Crippen molar-refractivity contribution in [1.29, 1.82) is 0 Å². The standard InChI is InChI=1S/C7H14BClO2/c1-2-3-4-7(9)8-10-5-6-11-8/h7H,2-6H2,1H3. The summed E-state index contributed by atoms with van der Waals surface area (Å²) in [5.74, 6) is 0. The lowest BCUT2D eigenvalue weighted by atomic mass is 9.82. The number of unbranched alkanes of at least 4 members (excludes halogenated alkanes) is 1. The molecule has 0 amide bonds. The summed E-state index contributed by atoms with van der Waals surface area (Å²) >= 11 is 6.02.